The van der Waals surface area contributed by atoms with Crippen molar-refractivity contribution in [3.8, 4) is 0 Å². The maximum Gasteiger partial charge on any atom is 0.321 e. The Morgan fingerprint density at radius 1 is 1.10 bits per heavy atom. The highest BCUT2D eigenvalue weighted by Gasteiger charge is 2.59. The Labute approximate surface area is 117 Å². The zero-order valence-electron chi connectivity index (χ0n) is 11.2. The zero-order valence-corrected chi connectivity index (χ0v) is 11.2. The molecule has 2 aromatic rings. The molecule has 2 atom stereocenters. The van der Waals surface area contributed by atoms with Crippen LogP contribution < -0.4 is 0 Å². The molecule has 0 bridgehead atoms. The summed E-state index contributed by atoms with van der Waals surface area (Å²) in [5.41, 5.74) is 0.550. The second-order valence-electron chi connectivity index (χ2n) is 5.00. The van der Waals surface area contributed by atoms with Gasteiger partial charge in [0.25, 0.3) is 0 Å². The predicted octanol–water partition coefficient (Wildman–Crippen LogP) is 3.77. The smallest absolute Gasteiger partial charge is 0.321 e. The quantitative estimate of drug-likeness (QED) is 0.793. The van der Waals surface area contributed by atoms with Crippen LogP contribution in [0, 0.1) is 5.82 Å². The van der Waals surface area contributed by atoms with E-state index in [1.165, 1.54) is 6.07 Å². The topological polar surface area (TPSA) is 26.3 Å². The first kappa shape index (κ1) is 12.9. The van der Waals surface area contributed by atoms with Crippen LogP contribution in [-0.2, 0) is 14.9 Å². The van der Waals surface area contributed by atoms with Crippen LogP contribution in [0.4, 0.5) is 4.39 Å². The van der Waals surface area contributed by atoms with E-state index >= 15 is 0 Å². The van der Waals surface area contributed by atoms with E-state index in [9.17, 15) is 9.18 Å². The van der Waals surface area contributed by atoms with Gasteiger partial charge in [0.1, 0.15) is 17.3 Å². The lowest BCUT2D eigenvalue weighted by Crippen LogP contribution is -2.54. The van der Waals surface area contributed by atoms with E-state index in [0.29, 0.717) is 12.0 Å². The maximum absolute atomic E-state index is 14.0. The van der Waals surface area contributed by atoms with Gasteiger partial charge in [0.2, 0.25) is 0 Å². The summed E-state index contributed by atoms with van der Waals surface area (Å²) in [6.07, 6.45) is 0.0260. The van der Waals surface area contributed by atoms with Crippen LogP contribution in [-0.4, -0.2) is 5.97 Å². The third-order valence-corrected chi connectivity index (χ3v) is 4.07. The summed E-state index contributed by atoms with van der Waals surface area (Å²) in [7, 11) is 0. The Bertz CT molecular complexity index is 638. The lowest BCUT2D eigenvalue weighted by atomic mass is 9.67. The van der Waals surface area contributed by atoms with Crippen molar-refractivity contribution in [2.45, 2.75) is 24.9 Å². The first-order valence-electron chi connectivity index (χ1n) is 6.71. The normalized spacial score (nSPS) is 24.9. The molecule has 2 nitrogen and oxygen atoms in total. The summed E-state index contributed by atoms with van der Waals surface area (Å²) >= 11 is 0. The SMILES string of the molecule is CC[C@@]1(c2ccccc2)C(=O)O[C@H]1c1ccccc1F. The van der Waals surface area contributed by atoms with E-state index in [1.54, 1.807) is 18.2 Å². The molecule has 0 aliphatic carbocycles. The van der Waals surface area contributed by atoms with Gasteiger partial charge in [-0.1, -0.05) is 55.5 Å². The largest absolute Gasteiger partial charge is 0.455 e. The van der Waals surface area contributed by atoms with E-state index in [-0.39, 0.29) is 11.8 Å². The van der Waals surface area contributed by atoms with Crippen molar-refractivity contribution in [1.82, 2.24) is 0 Å². The van der Waals surface area contributed by atoms with Crippen molar-refractivity contribution in [3.63, 3.8) is 0 Å². The van der Waals surface area contributed by atoms with Crippen LogP contribution in [0.5, 0.6) is 0 Å². The fraction of sp³-hybridized carbons (Fsp3) is 0.235. The minimum absolute atomic E-state index is 0.278. The van der Waals surface area contributed by atoms with Gasteiger partial charge < -0.3 is 4.74 Å². The molecule has 102 valence electrons. The molecule has 0 amide bonds. The first-order valence-corrected chi connectivity index (χ1v) is 6.71. The van der Waals surface area contributed by atoms with Crippen molar-refractivity contribution in [2.24, 2.45) is 0 Å². The van der Waals surface area contributed by atoms with Crippen LogP contribution in [0.15, 0.2) is 54.6 Å². The molecule has 0 aromatic heterocycles. The fourth-order valence-electron chi connectivity index (χ4n) is 2.92. The van der Waals surface area contributed by atoms with E-state index in [4.69, 9.17) is 4.74 Å². The summed E-state index contributed by atoms with van der Waals surface area (Å²) in [5.74, 6) is -0.613. The summed E-state index contributed by atoms with van der Waals surface area (Å²) < 4.78 is 19.3. The number of benzene rings is 2. The van der Waals surface area contributed by atoms with Gasteiger partial charge in [-0.2, -0.15) is 0 Å². The molecule has 0 saturated carbocycles. The number of ether oxygens (including phenoxy) is 1. The number of hydrogen-bond donors (Lipinski definition) is 0. The summed E-state index contributed by atoms with van der Waals surface area (Å²) in [6.45, 7) is 1.93. The third kappa shape index (κ3) is 1.66. The fourth-order valence-corrected chi connectivity index (χ4v) is 2.92. The molecule has 0 unspecified atom stereocenters. The molecule has 3 rings (SSSR count). The van der Waals surface area contributed by atoms with Gasteiger partial charge in [-0.15, -0.1) is 0 Å². The highest BCUT2D eigenvalue weighted by Crippen LogP contribution is 2.52. The molecule has 1 aliphatic heterocycles. The van der Waals surface area contributed by atoms with Gasteiger partial charge in [0, 0.05) is 5.56 Å². The van der Waals surface area contributed by atoms with Crippen LogP contribution in [0.25, 0.3) is 0 Å². The number of cyclic esters (lactones) is 1. The van der Waals surface area contributed by atoms with E-state index in [0.717, 1.165) is 5.56 Å². The number of carbonyl (C=O) groups is 1. The first-order chi connectivity index (χ1) is 9.70. The zero-order chi connectivity index (χ0) is 14.2. The molecule has 3 heteroatoms. The maximum atomic E-state index is 14.0. The van der Waals surface area contributed by atoms with E-state index < -0.39 is 11.5 Å². The number of carbonyl (C=O) groups excluding carboxylic acids is 1. The Morgan fingerprint density at radius 3 is 2.35 bits per heavy atom. The summed E-state index contributed by atoms with van der Waals surface area (Å²) in [5, 5.41) is 0. The van der Waals surface area contributed by atoms with Crippen LogP contribution in [0.1, 0.15) is 30.6 Å². The van der Waals surface area contributed by atoms with Gasteiger partial charge in [-0.3, -0.25) is 4.79 Å². The molecule has 2 aromatic carbocycles. The number of rotatable bonds is 3. The van der Waals surface area contributed by atoms with Crippen LogP contribution >= 0.6 is 0 Å². The van der Waals surface area contributed by atoms with Crippen LogP contribution in [0.2, 0.25) is 0 Å². The van der Waals surface area contributed by atoms with Gasteiger partial charge in [0.05, 0.1) is 0 Å². The monoisotopic (exact) mass is 270 g/mol. The molecular formula is C17H15FO2. The highest BCUT2D eigenvalue weighted by atomic mass is 19.1. The second kappa shape index (κ2) is 4.75. The lowest BCUT2D eigenvalue weighted by Gasteiger charge is -2.47. The van der Waals surface area contributed by atoms with E-state index in [2.05, 4.69) is 0 Å². The minimum Gasteiger partial charge on any atom is -0.455 e. The molecule has 1 aliphatic rings. The molecule has 20 heavy (non-hydrogen) atoms. The van der Waals surface area contributed by atoms with Gasteiger partial charge in [-0.05, 0) is 18.1 Å². The van der Waals surface area contributed by atoms with Gasteiger partial charge in [0.15, 0.2) is 0 Å². The number of esters is 1. The minimum atomic E-state index is -0.774. The number of halogens is 1. The molecule has 0 spiro atoms. The van der Waals surface area contributed by atoms with Crippen molar-refractivity contribution in [3.05, 3.63) is 71.5 Å². The molecular weight excluding hydrogens is 255 g/mol. The van der Waals surface area contributed by atoms with Gasteiger partial charge in [-0.25, -0.2) is 4.39 Å². The van der Waals surface area contributed by atoms with Crippen molar-refractivity contribution >= 4 is 5.97 Å². The molecule has 0 N–H and O–H groups in total. The van der Waals surface area contributed by atoms with E-state index in [1.807, 2.05) is 37.3 Å². The third-order valence-electron chi connectivity index (χ3n) is 4.07. The van der Waals surface area contributed by atoms with Crippen molar-refractivity contribution in [2.75, 3.05) is 0 Å². The average molecular weight is 270 g/mol. The van der Waals surface area contributed by atoms with Crippen molar-refractivity contribution in [1.29, 1.82) is 0 Å². The number of hydrogen-bond acceptors (Lipinski definition) is 2. The Balaban J connectivity index is 2.10. The van der Waals surface area contributed by atoms with Gasteiger partial charge >= 0.3 is 5.97 Å². The highest BCUT2D eigenvalue weighted by molar-refractivity contribution is 5.90. The molecule has 1 saturated heterocycles. The predicted molar refractivity (Wildman–Crippen MR) is 73.6 cm³/mol. The summed E-state index contributed by atoms with van der Waals surface area (Å²) in [6, 6.07) is 15.9. The molecule has 1 heterocycles. The lowest BCUT2D eigenvalue weighted by molar-refractivity contribution is -0.193. The van der Waals surface area contributed by atoms with Crippen molar-refractivity contribution < 1.29 is 13.9 Å². The van der Waals surface area contributed by atoms with Crippen LogP contribution in [0.3, 0.4) is 0 Å². The summed E-state index contributed by atoms with van der Waals surface area (Å²) in [4.78, 5) is 12.1. The Morgan fingerprint density at radius 2 is 1.75 bits per heavy atom. The Kier molecular flexibility index (Phi) is 3.05. The average Bonchev–Trinajstić information content (AvgIpc) is 2.48. The second-order valence-corrected chi connectivity index (χ2v) is 5.00. The molecule has 1 fully saturated rings. The standard InChI is InChI=1S/C17H15FO2/c1-2-17(12-8-4-3-5-9-12)15(20-16(17)19)13-10-6-7-11-14(13)18/h3-11,15H,2H2,1H3/t15-,17-/m0/s1. The Hall–Kier alpha value is -2.16. The molecule has 0 radical (unpaired) electrons.